The van der Waals surface area contributed by atoms with Crippen LogP contribution in [0.1, 0.15) is 41.0 Å². The molecule has 3 rings (SSSR count). The summed E-state index contributed by atoms with van der Waals surface area (Å²) in [6.07, 6.45) is 3.33. The Kier molecular flexibility index (Phi) is 6.87. The van der Waals surface area contributed by atoms with Crippen molar-refractivity contribution in [3.05, 3.63) is 45.0 Å². The van der Waals surface area contributed by atoms with E-state index in [1.807, 2.05) is 27.0 Å². The van der Waals surface area contributed by atoms with Crippen molar-refractivity contribution in [1.29, 1.82) is 0 Å². The molecule has 1 aliphatic heterocycles. The Balaban J connectivity index is 1.82. The summed E-state index contributed by atoms with van der Waals surface area (Å²) in [6.45, 7) is 10.4. The molecule has 158 valence electrons. The number of pyridine rings is 1. The van der Waals surface area contributed by atoms with Gasteiger partial charge in [-0.2, -0.15) is 5.10 Å². The van der Waals surface area contributed by atoms with E-state index < -0.39 is 0 Å². The number of morpholine rings is 1. The number of carbonyl (C=O) groups excluding carboxylic acids is 1. The second kappa shape index (κ2) is 9.37. The Hall–Kier alpha value is -2.45. The van der Waals surface area contributed by atoms with Gasteiger partial charge in [-0.05, 0) is 31.4 Å². The first-order valence-corrected chi connectivity index (χ1v) is 10.3. The minimum atomic E-state index is -0.381. The van der Waals surface area contributed by atoms with Gasteiger partial charge in [0.15, 0.2) is 0 Å². The highest BCUT2D eigenvalue weighted by Gasteiger charge is 2.21. The van der Waals surface area contributed by atoms with Crippen molar-refractivity contribution in [2.75, 3.05) is 38.2 Å². The van der Waals surface area contributed by atoms with Gasteiger partial charge in [0.05, 0.1) is 18.9 Å². The minimum absolute atomic E-state index is 0.191. The third kappa shape index (κ3) is 4.59. The molecule has 1 amide bonds. The molecule has 0 bridgehead atoms. The molecule has 3 heterocycles. The van der Waals surface area contributed by atoms with E-state index in [1.165, 1.54) is 0 Å². The molecule has 2 aromatic rings. The van der Waals surface area contributed by atoms with E-state index >= 15 is 0 Å². The van der Waals surface area contributed by atoms with Gasteiger partial charge in [-0.1, -0.05) is 13.8 Å². The summed E-state index contributed by atoms with van der Waals surface area (Å²) in [4.78, 5) is 28.3. The van der Waals surface area contributed by atoms with Crippen molar-refractivity contribution in [2.45, 2.75) is 40.2 Å². The molecule has 8 heteroatoms. The molecule has 29 heavy (non-hydrogen) atoms. The predicted octanol–water partition coefficient (Wildman–Crippen LogP) is 1.60. The van der Waals surface area contributed by atoms with Crippen LogP contribution < -0.4 is 10.9 Å². The van der Waals surface area contributed by atoms with Gasteiger partial charge in [0.2, 0.25) is 0 Å². The Morgan fingerprint density at radius 1 is 1.21 bits per heavy atom. The van der Waals surface area contributed by atoms with Crippen molar-refractivity contribution in [2.24, 2.45) is 7.05 Å². The average Bonchev–Trinajstić information content (AvgIpc) is 3.02. The van der Waals surface area contributed by atoms with Gasteiger partial charge in [0.25, 0.3) is 11.5 Å². The Morgan fingerprint density at radius 3 is 2.59 bits per heavy atom. The smallest absolute Gasteiger partial charge is 0.263 e. The fraction of sp³-hybridized carbons (Fsp3) is 0.571. The number of nitrogens with zero attached hydrogens (tertiary/aromatic N) is 4. The van der Waals surface area contributed by atoms with Crippen LogP contribution in [0.25, 0.3) is 0 Å². The highest BCUT2D eigenvalue weighted by atomic mass is 16.5. The molecule has 0 radical (unpaired) electrons. The molecule has 8 nitrogen and oxygen atoms in total. The standard InChI is InChI=1S/C21H31N5O3/c1-5-16-17(6-2)23-24(4)19(16)22-20(27)18-15(3)7-8-26(21(18)28)10-9-25-11-13-29-14-12-25/h7-8H,5-6,9-14H2,1-4H3,(H,22,27). The maximum absolute atomic E-state index is 13.0. The molecule has 0 unspecified atom stereocenters. The van der Waals surface area contributed by atoms with Crippen LogP contribution >= 0.6 is 0 Å². The topological polar surface area (TPSA) is 81.4 Å². The fourth-order valence-corrected chi connectivity index (χ4v) is 3.80. The third-order valence-corrected chi connectivity index (χ3v) is 5.51. The Morgan fingerprint density at radius 2 is 1.93 bits per heavy atom. The SMILES string of the molecule is CCc1nn(C)c(NC(=O)c2c(C)ccn(CCN3CCOCC3)c2=O)c1CC. The number of hydrogen-bond donors (Lipinski definition) is 1. The van der Waals surface area contributed by atoms with Crippen LogP contribution in [0.15, 0.2) is 17.1 Å². The van der Waals surface area contributed by atoms with Gasteiger partial charge in [-0.25, -0.2) is 0 Å². The second-order valence-electron chi connectivity index (χ2n) is 7.39. The summed E-state index contributed by atoms with van der Waals surface area (Å²) < 4.78 is 8.68. The number of amides is 1. The number of anilines is 1. The molecule has 1 N–H and O–H groups in total. The molecule has 1 fully saturated rings. The fourth-order valence-electron chi connectivity index (χ4n) is 3.80. The summed E-state index contributed by atoms with van der Waals surface area (Å²) >= 11 is 0. The lowest BCUT2D eigenvalue weighted by Gasteiger charge is -2.26. The zero-order valence-electron chi connectivity index (χ0n) is 17.8. The van der Waals surface area contributed by atoms with Crippen molar-refractivity contribution >= 4 is 11.7 Å². The molecular weight excluding hydrogens is 370 g/mol. The van der Waals surface area contributed by atoms with Crippen molar-refractivity contribution in [1.82, 2.24) is 19.2 Å². The van der Waals surface area contributed by atoms with Gasteiger partial charge >= 0.3 is 0 Å². The summed E-state index contributed by atoms with van der Waals surface area (Å²) in [7, 11) is 1.81. The van der Waals surface area contributed by atoms with Gasteiger partial charge in [0, 0.05) is 45.0 Å². The molecule has 2 aromatic heterocycles. The van der Waals surface area contributed by atoms with Gasteiger partial charge < -0.3 is 14.6 Å². The van der Waals surface area contributed by atoms with E-state index in [4.69, 9.17) is 4.74 Å². The monoisotopic (exact) mass is 401 g/mol. The molecule has 0 aromatic carbocycles. The van der Waals surface area contributed by atoms with Crippen molar-refractivity contribution in [3.63, 3.8) is 0 Å². The largest absolute Gasteiger partial charge is 0.379 e. The van der Waals surface area contributed by atoms with Crippen LogP contribution in [0, 0.1) is 6.92 Å². The number of rotatable bonds is 7. The lowest BCUT2D eigenvalue weighted by atomic mass is 10.1. The highest BCUT2D eigenvalue weighted by molar-refractivity contribution is 6.05. The lowest BCUT2D eigenvalue weighted by Crippen LogP contribution is -2.40. The number of nitrogens with one attached hydrogen (secondary N) is 1. The van der Waals surface area contributed by atoms with E-state index in [0.717, 1.165) is 56.9 Å². The average molecular weight is 402 g/mol. The van der Waals surface area contributed by atoms with E-state index in [0.29, 0.717) is 17.9 Å². The molecule has 0 spiro atoms. The number of hydrogen-bond acceptors (Lipinski definition) is 5. The zero-order valence-corrected chi connectivity index (χ0v) is 17.8. The number of ether oxygens (including phenoxy) is 1. The molecular formula is C21H31N5O3. The Labute approximate surface area is 171 Å². The van der Waals surface area contributed by atoms with Gasteiger partial charge in [-0.3, -0.25) is 19.2 Å². The maximum atomic E-state index is 13.0. The Bertz CT molecular complexity index is 925. The van der Waals surface area contributed by atoms with E-state index in [1.54, 1.807) is 22.4 Å². The van der Waals surface area contributed by atoms with E-state index in [-0.39, 0.29) is 17.0 Å². The molecule has 0 saturated carbocycles. The number of carbonyl (C=O) groups is 1. The van der Waals surface area contributed by atoms with Gasteiger partial charge in [-0.15, -0.1) is 0 Å². The first kappa shape index (κ1) is 21.3. The summed E-state index contributed by atoms with van der Waals surface area (Å²) in [5, 5.41) is 7.43. The second-order valence-corrected chi connectivity index (χ2v) is 7.39. The summed E-state index contributed by atoms with van der Waals surface area (Å²) in [6, 6.07) is 1.83. The first-order chi connectivity index (χ1) is 14.0. The summed E-state index contributed by atoms with van der Waals surface area (Å²) in [5.74, 6) is 0.283. The number of aryl methyl sites for hydroxylation is 3. The first-order valence-electron chi connectivity index (χ1n) is 10.3. The third-order valence-electron chi connectivity index (χ3n) is 5.51. The normalized spacial score (nSPS) is 14.9. The zero-order chi connectivity index (χ0) is 21.0. The van der Waals surface area contributed by atoms with Crippen LogP contribution in [0.4, 0.5) is 5.82 Å². The van der Waals surface area contributed by atoms with Gasteiger partial charge in [0.1, 0.15) is 11.4 Å². The molecule has 0 aliphatic carbocycles. The van der Waals surface area contributed by atoms with Crippen LogP contribution in [-0.4, -0.2) is 58.0 Å². The van der Waals surface area contributed by atoms with Crippen LogP contribution in [0.2, 0.25) is 0 Å². The highest BCUT2D eigenvalue weighted by Crippen LogP contribution is 2.21. The molecule has 0 atom stereocenters. The van der Waals surface area contributed by atoms with E-state index in [9.17, 15) is 9.59 Å². The quantitative estimate of drug-likeness (QED) is 0.762. The predicted molar refractivity (Wildman–Crippen MR) is 113 cm³/mol. The van der Waals surface area contributed by atoms with Crippen molar-refractivity contribution < 1.29 is 9.53 Å². The molecule has 1 aliphatic rings. The molecule has 1 saturated heterocycles. The van der Waals surface area contributed by atoms with Crippen LogP contribution in [-0.2, 0) is 31.2 Å². The minimum Gasteiger partial charge on any atom is -0.379 e. The maximum Gasteiger partial charge on any atom is 0.263 e. The van der Waals surface area contributed by atoms with Crippen LogP contribution in [0.3, 0.4) is 0 Å². The number of aromatic nitrogens is 3. The van der Waals surface area contributed by atoms with Crippen molar-refractivity contribution in [3.8, 4) is 0 Å². The lowest BCUT2D eigenvalue weighted by molar-refractivity contribution is 0.0363. The van der Waals surface area contributed by atoms with Crippen LogP contribution in [0.5, 0.6) is 0 Å². The van der Waals surface area contributed by atoms with E-state index in [2.05, 4.69) is 15.3 Å². The summed E-state index contributed by atoms with van der Waals surface area (Å²) in [5.41, 5.74) is 2.59.